The van der Waals surface area contributed by atoms with Gasteiger partial charge in [-0.05, 0) is 62.8 Å². The molecular formula is C34H43ClFN7O4. The van der Waals surface area contributed by atoms with Crippen LogP contribution in [0.15, 0.2) is 28.9 Å². The number of aryl methyl sites for hydroxylation is 1. The molecule has 5 aliphatic rings. The molecular weight excluding hydrogens is 625 g/mol. The van der Waals surface area contributed by atoms with Gasteiger partial charge in [0.15, 0.2) is 0 Å². The minimum Gasteiger partial charge on any atom is -0.506 e. The van der Waals surface area contributed by atoms with E-state index in [2.05, 4.69) is 9.80 Å². The molecule has 0 radical (unpaired) electrons. The molecule has 2 fully saturated rings. The van der Waals surface area contributed by atoms with Gasteiger partial charge < -0.3 is 30.1 Å². The Labute approximate surface area is 279 Å². The Morgan fingerprint density at radius 3 is 2.94 bits per heavy atom. The highest BCUT2D eigenvalue weighted by molar-refractivity contribution is 6.33. The number of aliphatic imine (C=N–C) groups is 1. The van der Waals surface area contributed by atoms with Crippen LogP contribution in [0.5, 0.6) is 11.8 Å². The lowest BCUT2D eigenvalue weighted by Crippen LogP contribution is -2.44. The van der Waals surface area contributed by atoms with Crippen molar-refractivity contribution < 1.29 is 23.8 Å². The summed E-state index contributed by atoms with van der Waals surface area (Å²) in [6, 6.07) is 3.82. The van der Waals surface area contributed by atoms with Crippen LogP contribution < -0.4 is 15.4 Å². The number of phenolic OH excluding ortho intramolecular Hbond substituents is 1. The Hall–Kier alpha value is -3.48. The number of rotatable bonds is 6. The summed E-state index contributed by atoms with van der Waals surface area (Å²) in [6.45, 7) is 3.51. The number of hydrogen-bond acceptors (Lipinski definition) is 10. The molecule has 1 aromatic heterocycles. The molecule has 4 aliphatic heterocycles. The molecule has 3 N–H and O–H groups in total. The summed E-state index contributed by atoms with van der Waals surface area (Å²) in [5.41, 5.74) is 9.43. The summed E-state index contributed by atoms with van der Waals surface area (Å²) < 4.78 is 27.8. The highest BCUT2D eigenvalue weighted by atomic mass is 35.5. The number of nitrogens with zero attached hydrogens (tertiary/aromatic N) is 6. The van der Waals surface area contributed by atoms with E-state index in [4.69, 9.17) is 41.8 Å². The van der Waals surface area contributed by atoms with Crippen LogP contribution in [0.25, 0.3) is 0 Å². The zero-order chi connectivity index (χ0) is 32.9. The van der Waals surface area contributed by atoms with Crippen molar-refractivity contribution >= 4 is 29.0 Å². The van der Waals surface area contributed by atoms with E-state index in [9.17, 15) is 14.3 Å². The average molecular weight is 668 g/mol. The first-order valence-electron chi connectivity index (χ1n) is 16.6. The third-order valence-electron chi connectivity index (χ3n) is 10.4. The summed E-state index contributed by atoms with van der Waals surface area (Å²) >= 11 is 6.76. The van der Waals surface area contributed by atoms with E-state index in [1.54, 1.807) is 26.2 Å². The van der Waals surface area contributed by atoms with Gasteiger partial charge >= 0.3 is 6.01 Å². The molecule has 5 heterocycles. The number of hydrogen-bond donors (Lipinski definition) is 2. The van der Waals surface area contributed by atoms with Crippen LogP contribution in [0, 0.1) is 0 Å². The number of carbonyl (C=O) groups is 1. The highest BCUT2D eigenvalue weighted by Gasteiger charge is 2.50. The fraction of sp³-hybridized carbons (Fsp3) is 0.588. The van der Waals surface area contributed by atoms with Gasteiger partial charge in [0.25, 0.3) is 5.91 Å². The maximum absolute atomic E-state index is 14.6. The summed E-state index contributed by atoms with van der Waals surface area (Å²) in [5, 5.41) is 10.9. The second-order valence-electron chi connectivity index (χ2n) is 13.8. The van der Waals surface area contributed by atoms with E-state index < -0.39 is 11.8 Å². The molecule has 2 aromatic rings. The number of halogens is 2. The Balaban J connectivity index is 1.26. The molecule has 0 bridgehead atoms. The fourth-order valence-electron chi connectivity index (χ4n) is 8.19. The van der Waals surface area contributed by atoms with Crippen molar-refractivity contribution in [1.82, 2.24) is 19.8 Å². The fourth-order valence-corrected chi connectivity index (χ4v) is 8.55. The van der Waals surface area contributed by atoms with Crippen molar-refractivity contribution in [1.29, 1.82) is 0 Å². The Bertz CT molecular complexity index is 1640. The van der Waals surface area contributed by atoms with Gasteiger partial charge in [-0.15, -0.1) is 0 Å². The molecule has 0 saturated carbocycles. The number of aromatic hydroxyl groups is 1. The predicted octanol–water partition coefficient (Wildman–Crippen LogP) is 3.68. The molecule has 1 aliphatic carbocycles. The zero-order valence-electron chi connectivity index (χ0n) is 27.1. The van der Waals surface area contributed by atoms with E-state index in [-0.39, 0.29) is 35.5 Å². The number of anilines is 1. The Kier molecular flexibility index (Phi) is 8.55. The normalized spacial score (nSPS) is 27.6. The molecule has 2 saturated heterocycles. The lowest BCUT2D eigenvalue weighted by Gasteiger charge is -2.43. The average Bonchev–Trinajstić information content (AvgIpc) is 3.47. The van der Waals surface area contributed by atoms with E-state index in [0.29, 0.717) is 62.2 Å². The Morgan fingerprint density at radius 2 is 2.11 bits per heavy atom. The van der Waals surface area contributed by atoms with Crippen LogP contribution in [-0.2, 0) is 34.6 Å². The molecule has 3 atom stereocenters. The minimum atomic E-state index is -0.863. The van der Waals surface area contributed by atoms with Crippen LogP contribution in [-0.4, -0.2) is 102 Å². The number of benzene rings is 1. The number of ether oxygens (including phenoxy) is 2. The number of alkyl halides is 1. The van der Waals surface area contributed by atoms with E-state index in [1.807, 2.05) is 6.07 Å². The minimum absolute atomic E-state index is 0.0352. The van der Waals surface area contributed by atoms with E-state index >= 15 is 0 Å². The van der Waals surface area contributed by atoms with Crippen LogP contribution in [0.1, 0.15) is 60.9 Å². The molecule has 11 nitrogen and oxygen atoms in total. The number of aromatic nitrogens is 2. The number of nitrogens with two attached hydrogens (primary N) is 1. The summed E-state index contributed by atoms with van der Waals surface area (Å²) in [5.74, 6) is 0.444. The van der Waals surface area contributed by atoms with Gasteiger partial charge in [0.2, 0.25) is 0 Å². The van der Waals surface area contributed by atoms with Gasteiger partial charge in [-0.2, -0.15) is 9.97 Å². The molecule has 1 unspecified atom stereocenters. The van der Waals surface area contributed by atoms with Gasteiger partial charge in [0.1, 0.15) is 29.9 Å². The first-order valence-corrected chi connectivity index (χ1v) is 17.0. The standard InChI is InChI=1S/C34H43ClFN7O4/c1-41(2)31(45)25(37)14-23-18-42(12-5-11-38-23)30-24-19-47-34(10-3-6-21-7-8-27(44)29(35)28(21)34)16-26(24)39-32(40-30)46-20-33-9-4-13-43(33)17-22(36)15-33/h7-8,14,22,44H,3-6,9-13,15-20,37H2,1-2H3/b25-14-/t22-,33+,34?/m1/s1. The number of phenols is 1. The maximum atomic E-state index is 14.6. The molecule has 1 amide bonds. The SMILES string of the molecule is CN(C)C(=O)/C(N)=C/C1=NCCCN(c2nc(OC[C@@]34CCCN3C[C@H](F)C4)nc3c2COC2(CCCc4ccc(O)c(Cl)c42)C3)C1. The van der Waals surface area contributed by atoms with Crippen LogP contribution >= 0.6 is 11.6 Å². The van der Waals surface area contributed by atoms with Crippen LogP contribution in [0.2, 0.25) is 5.02 Å². The number of fused-ring (bicyclic) bond motifs is 4. The van der Waals surface area contributed by atoms with Crippen LogP contribution in [0.3, 0.4) is 0 Å². The molecule has 1 spiro atoms. The van der Waals surface area contributed by atoms with Crippen LogP contribution in [0.4, 0.5) is 10.2 Å². The second kappa shape index (κ2) is 12.5. The van der Waals surface area contributed by atoms with Gasteiger partial charge in [-0.25, -0.2) is 4.39 Å². The van der Waals surface area contributed by atoms with E-state index in [1.165, 1.54) is 4.90 Å². The number of amides is 1. The number of carbonyl (C=O) groups excluding carboxylic acids is 1. The molecule has 1 aromatic carbocycles. The quantitative estimate of drug-likeness (QED) is 0.443. The largest absolute Gasteiger partial charge is 0.506 e. The molecule has 47 heavy (non-hydrogen) atoms. The van der Waals surface area contributed by atoms with Crippen molar-refractivity contribution in [2.45, 2.75) is 75.3 Å². The van der Waals surface area contributed by atoms with Gasteiger partial charge in [0.05, 0.1) is 40.8 Å². The monoisotopic (exact) mass is 667 g/mol. The Morgan fingerprint density at radius 1 is 1.26 bits per heavy atom. The summed E-state index contributed by atoms with van der Waals surface area (Å²) in [7, 11) is 3.32. The molecule has 13 heteroatoms. The van der Waals surface area contributed by atoms with Gasteiger partial charge in [0, 0.05) is 57.7 Å². The van der Waals surface area contributed by atoms with Crippen molar-refractivity contribution in [3.63, 3.8) is 0 Å². The maximum Gasteiger partial charge on any atom is 0.318 e. The first kappa shape index (κ1) is 32.1. The first-order chi connectivity index (χ1) is 22.6. The summed E-state index contributed by atoms with van der Waals surface area (Å²) in [4.78, 5) is 33.0. The lowest BCUT2D eigenvalue weighted by molar-refractivity contribution is -0.124. The summed E-state index contributed by atoms with van der Waals surface area (Å²) in [6.07, 6.45) is 6.85. The second-order valence-corrected chi connectivity index (χ2v) is 14.2. The third kappa shape index (κ3) is 5.93. The topological polar surface area (TPSA) is 130 Å². The van der Waals surface area contributed by atoms with Gasteiger partial charge in [-0.3, -0.25) is 14.7 Å². The molecule has 7 rings (SSSR count). The molecule has 252 valence electrons. The van der Waals surface area contributed by atoms with Crippen molar-refractivity contribution in [2.24, 2.45) is 10.7 Å². The number of likely N-dealkylation sites (N-methyl/N-ethyl adjacent to an activating group) is 1. The lowest BCUT2D eigenvalue weighted by atomic mass is 9.74. The predicted molar refractivity (Wildman–Crippen MR) is 177 cm³/mol. The smallest absolute Gasteiger partial charge is 0.318 e. The zero-order valence-corrected chi connectivity index (χ0v) is 27.9. The highest BCUT2D eigenvalue weighted by Crippen LogP contribution is 2.50. The van der Waals surface area contributed by atoms with Gasteiger partial charge in [-0.1, -0.05) is 17.7 Å². The van der Waals surface area contributed by atoms with Crippen molar-refractivity contribution in [2.75, 3.05) is 58.3 Å². The van der Waals surface area contributed by atoms with Crippen molar-refractivity contribution in [3.8, 4) is 11.8 Å². The third-order valence-corrected chi connectivity index (χ3v) is 10.8. The van der Waals surface area contributed by atoms with E-state index in [0.717, 1.165) is 67.5 Å². The van der Waals surface area contributed by atoms with Crippen molar-refractivity contribution in [3.05, 3.63) is 51.3 Å².